The van der Waals surface area contributed by atoms with Crippen LogP contribution in [0.3, 0.4) is 0 Å². The number of ether oxygens (including phenoxy) is 2. The maximum atomic E-state index is 11.8. The van der Waals surface area contributed by atoms with Gasteiger partial charge in [0.05, 0.1) is 12.1 Å². The second-order valence-corrected chi connectivity index (χ2v) is 5.97. The number of methoxy groups -OCH3 is 1. The van der Waals surface area contributed by atoms with Gasteiger partial charge in [0.25, 0.3) is 0 Å². The molecule has 0 fully saturated rings. The molecule has 0 aliphatic carbocycles. The normalized spacial score (nSPS) is 10.8. The van der Waals surface area contributed by atoms with Crippen LogP contribution in [0.4, 0.5) is 0 Å². The molecule has 3 rings (SSSR count). The zero-order valence-corrected chi connectivity index (χ0v) is 14.4. The Morgan fingerprint density at radius 1 is 1.12 bits per heavy atom. The lowest BCUT2D eigenvalue weighted by Gasteiger charge is -2.11. The highest BCUT2D eigenvalue weighted by Gasteiger charge is 2.12. The van der Waals surface area contributed by atoms with Gasteiger partial charge in [-0.15, -0.1) is 0 Å². The molecular weight excluding hydrogens is 328 g/mol. The van der Waals surface area contributed by atoms with Gasteiger partial charge in [-0.05, 0) is 43.2 Å². The highest BCUT2D eigenvalue weighted by Crippen LogP contribution is 2.32. The summed E-state index contributed by atoms with van der Waals surface area (Å²) in [6.45, 7) is 3.95. The summed E-state index contributed by atoms with van der Waals surface area (Å²) in [5, 5.41) is 1.28. The molecular formula is C19H17ClO4. The molecule has 1 aromatic heterocycles. The molecule has 0 aliphatic rings. The van der Waals surface area contributed by atoms with E-state index < -0.39 is 0 Å². The minimum absolute atomic E-state index is 0.331. The van der Waals surface area contributed by atoms with E-state index in [4.69, 9.17) is 25.5 Å². The van der Waals surface area contributed by atoms with Crippen LogP contribution in [0.1, 0.15) is 16.7 Å². The molecule has 0 N–H and O–H groups in total. The fraction of sp³-hybridized carbons (Fsp3) is 0.211. The third-order valence-corrected chi connectivity index (χ3v) is 4.33. The van der Waals surface area contributed by atoms with Crippen molar-refractivity contribution < 1.29 is 13.9 Å². The predicted molar refractivity (Wildman–Crippen MR) is 94.3 cm³/mol. The summed E-state index contributed by atoms with van der Waals surface area (Å²) < 4.78 is 16.3. The van der Waals surface area contributed by atoms with Gasteiger partial charge in [-0.1, -0.05) is 23.7 Å². The Kier molecular flexibility index (Phi) is 4.49. The second kappa shape index (κ2) is 6.57. The largest absolute Gasteiger partial charge is 0.497 e. The molecule has 0 radical (unpaired) electrons. The highest BCUT2D eigenvalue weighted by atomic mass is 35.5. The minimum atomic E-state index is -0.346. The van der Waals surface area contributed by atoms with Crippen molar-refractivity contribution in [3.05, 3.63) is 68.5 Å². The predicted octanol–water partition coefficient (Wildman–Crippen LogP) is 4.65. The highest BCUT2D eigenvalue weighted by molar-refractivity contribution is 6.32. The SMILES string of the molecule is COc1cccc(COc2cc3oc(=O)c(C)c(C)c3cc2Cl)c1. The Hall–Kier alpha value is -2.46. The Labute approximate surface area is 144 Å². The van der Waals surface area contributed by atoms with Crippen molar-refractivity contribution in [2.75, 3.05) is 7.11 Å². The van der Waals surface area contributed by atoms with Gasteiger partial charge in [0, 0.05) is 17.0 Å². The molecule has 0 saturated carbocycles. The average molecular weight is 345 g/mol. The van der Waals surface area contributed by atoms with Crippen LogP contribution >= 0.6 is 11.6 Å². The minimum Gasteiger partial charge on any atom is -0.497 e. The van der Waals surface area contributed by atoms with E-state index >= 15 is 0 Å². The molecule has 2 aromatic carbocycles. The van der Waals surface area contributed by atoms with Crippen molar-refractivity contribution >= 4 is 22.6 Å². The molecule has 0 aliphatic heterocycles. The molecule has 24 heavy (non-hydrogen) atoms. The molecule has 3 aromatic rings. The number of hydrogen-bond acceptors (Lipinski definition) is 4. The van der Waals surface area contributed by atoms with Crippen LogP contribution in [0, 0.1) is 13.8 Å². The summed E-state index contributed by atoms with van der Waals surface area (Å²) in [5.41, 5.74) is 2.52. The second-order valence-electron chi connectivity index (χ2n) is 5.56. The summed E-state index contributed by atoms with van der Waals surface area (Å²) in [6.07, 6.45) is 0. The first-order valence-corrected chi connectivity index (χ1v) is 7.86. The average Bonchev–Trinajstić information content (AvgIpc) is 2.59. The van der Waals surface area contributed by atoms with Crippen molar-refractivity contribution in [1.82, 2.24) is 0 Å². The van der Waals surface area contributed by atoms with E-state index in [9.17, 15) is 4.79 Å². The third kappa shape index (κ3) is 3.10. The van der Waals surface area contributed by atoms with Crippen LogP contribution < -0.4 is 15.1 Å². The lowest BCUT2D eigenvalue weighted by Crippen LogP contribution is -2.06. The van der Waals surface area contributed by atoms with E-state index in [1.165, 1.54) is 0 Å². The Morgan fingerprint density at radius 3 is 2.67 bits per heavy atom. The summed E-state index contributed by atoms with van der Waals surface area (Å²) in [5.74, 6) is 1.23. The maximum absolute atomic E-state index is 11.8. The van der Waals surface area contributed by atoms with Crippen LogP contribution in [-0.2, 0) is 6.61 Å². The summed E-state index contributed by atoms with van der Waals surface area (Å²) >= 11 is 6.32. The standard InChI is InChI=1S/C19H17ClO4/c1-11-12(2)19(21)24-17-9-18(16(20)8-15(11)17)23-10-13-5-4-6-14(7-13)22-3/h4-9H,10H2,1-3H3. The first-order chi connectivity index (χ1) is 11.5. The number of halogens is 1. The van der Waals surface area contributed by atoms with E-state index in [0.29, 0.717) is 28.5 Å². The monoisotopic (exact) mass is 344 g/mol. The van der Waals surface area contributed by atoms with Crippen molar-refractivity contribution in [2.24, 2.45) is 0 Å². The quantitative estimate of drug-likeness (QED) is 0.646. The van der Waals surface area contributed by atoms with Crippen molar-refractivity contribution in [1.29, 1.82) is 0 Å². The lowest BCUT2D eigenvalue weighted by atomic mass is 10.1. The van der Waals surface area contributed by atoms with E-state index in [-0.39, 0.29) is 5.63 Å². The van der Waals surface area contributed by atoms with Crippen molar-refractivity contribution in [2.45, 2.75) is 20.5 Å². The molecule has 124 valence electrons. The fourth-order valence-electron chi connectivity index (χ4n) is 2.48. The number of fused-ring (bicyclic) bond motifs is 1. The van der Waals surface area contributed by atoms with Crippen molar-refractivity contribution in [3.8, 4) is 11.5 Å². The van der Waals surface area contributed by atoms with Gasteiger partial charge in [-0.3, -0.25) is 0 Å². The van der Waals surface area contributed by atoms with Gasteiger partial charge in [0.1, 0.15) is 23.7 Å². The van der Waals surface area contributed by atoms with E-state index in [0.717, 1.165) is 22.3 Å². The van der Waals surface area contributed by atoms with Gasteiger partial charge in [-0.2, -0.15) is 0 Å². The van der Waals surface area contributed by atoms with Crippen LogP contribution in [0.2, 0.25) is 5.02 Å². The summed E-state index contributed by atoms with van der Waals surface area (Å²) in [7, 11) is 1.62. The molecule has 0 saturated heterocycles. The molecule has 0 bridgehead atoms. The fourth-order valence-corrected chi connectivity index (χ4v) is 2.70. The Bertz CT molecular complexity index is 959. The van der Waals surface area contributed by atoms with Gasteiger partial charge in [-0.25, -0.2) is 4.79 Å². The van der Waals surface area contributed by atoms with Crippen LogP contribution in [-0.4, -0.2) is 7.11 Å². The molecule has 0 spiro atoms. The first kappa shape index (κ1) is 16.4. The van der Waals surface area contributed by atoms with Crippen LogP contribution in [0.15, 0.2) is 45.6 Å². The van der Waals surface area contributed by atoms with E-state index in [1.54, 1.807) is 26.2 Å². The molecule has 5 heteroatoms. The topological polar surface area (TPSA) is 48.7 Å². The van der Waals surface area contributed by atoms with Crippen molar-refractivity contribution in [3.63, 3.8) is 0 Å². The Balaban J connectivity index is 1.93. The first-order valence-electron chi connectivity index (χ1n) is 7.49. The van der Waals surface area contributed by atoms with Gasteiger partial charge in [0.15, 0.2) is 0 Å². The summed E-state index contributed by atoms with van der Waals surface area (Å²) in [4.78, 5) is 11.8. The number of aryl methyl sites for hydroxylation is 1. The molecule has 0 atom stereocenters. The lowest BCUT2D eigenvalue weighted by molar-refractivity contribution is 0.305. The number of rotatable bonds is 4. The smallest absolute Gasteiger partial charge is 0.339 e. The number of hydrogen-bond donors (Lipinski definition) is 0. The maximum Gasteiger partial charge on any atom is 0.339 e. The van der Waals surface area contributed by atoms with Crippen LogP contribution in [0.5, 0.6) is 11.5 Å². The molecule has 0 amide bonds. The molecule has 1 heterocycles. The van der Waals surface area contributed by atoms with E-state index in [2.05, 4.69) is 0 Å². The molecule has 4 nitrogen and oxygen atoms in total. The van der Waals surface area contributed by atoms with E-state index in [1.807, 2.05) is 31.2 Å². The zero-order valence-electron chi connectivity index (χ0n) is 13.7. The zero-order chi connectivity index (χ0) is 17.3. The van der Waals surface area contributed by atoms with Crippen LogP contribution in [0.25, 0.3) is 11.0 Å². The number of benzene rings is 2. The van der Waals surface area contributed by atoms with Gasteiger partial charge in [0.2, 0.25) is 0 Å². The van der Waals surface area contributed by atoms with Gasteiger partial charge >= 0.3 is 5.63 Å². The van der Waals surface area contributed by atoms with Gasteiger partial charge < -0.3 is 13.9 Å². The molecule has 0 unspecified atom stereocenters. The Morgan fingerprint density at radius 2 is 1.92 bits per heavy atom. The summed E-state index contributed by atoms with van der Waals surface area (Å²) in [6, 6.07) is 11.0. The third-order valence-electron chi connectivity index (χ3n) is 4.04.